The van der Waals surface area contributed by atoms with Crippen LogP contribution in [0.4, 0.5) is 0 Å². The number of imidazole rings is 1. The fourth-order valence-corrected chi connectivity index (χ4v) is 4.33. The largest absolute Gasteiger partial charge is 0.361 e. The molecule has 0 saturated heterocycles. The van der Waals surface area contributed by atoms with Crippen LogP contribution in [0.25, 0.3) is 16.6 Å². The zero-order chi connectivity index (χ0) is 21.1. The van der Waals surface area contributed by atoms with Crippen molar-refractivity contribution in [3.8, 4) is 0 Å². The fourth-order valence-electron chi connectivity index (χ4n) is 4.33. The number of hydrogen-bond donors (Lipinski definition) is 1. The van der Waals surface area contributed by atoms with E-state index in [4.69, 9.17) is 4.74 Å². The van der Waals surface area contributed by atoms with Crippen LogP contribution < -0.4 is 5.56 Å². The molecule has 0 atom stereocenters. The molecule has 7 heteroatoms. The lowest BCUT2D eigenvalue weighted by atomic mass is 9.89. The molecular formula is C23H33N5O2. The number of benzene rings is 1. The Hall–Kier alpha value is -2.22. The van der Waals surface area contributed by atoms with Crippen molar-refractivity contribution in [1.29, 1.82) is 0 Å². The average Bonchev–Trinajstić information content (AvgIpc) is 3.19. The SMILES string of the molecule is CN(C)CCN(C)COCc1ccc2[nH]c(=O)c3cnc(C4CCCCC4)n3c2c1. The van der Waals surface area contributed by atoms with Crippen LogP contribution in [0.15, 0.2) is 29.2 Å². The lowest BCUT2D eigenvalue weighted by Gasteiger charge is -2.21. The molecule has 0 radical (unpaired) electrons. The molecule has 1 saturated carbocycles. The van der Waals surface area contributed by atoms with Crippen LogP contribution in [-0.2, 0) is 11.3 Å². The molecule has 0 amide bonds. The van der Waals surface area contributed by atoms with E-state index in [0.717, 1.165) is 48.4 Å². The van der Waals surface area contributed by atoms with Gasteiger partial charge in [-0.2, -0.15) is 0 Å². The van der Waals surface area contributed by atoms with Gasteiger partial charge in [-0.05, 0) is 51.7 Å². The van der Waals surface area contributed by atoms with Crippen molar-refractivity contribution in [3.05, 3.63) is 46.1 Å². The summed E-state index contributed by atoms with van der Waals surface area (Å²) in [5.41, 5.74) is 3.49. The molecule has 162 valence electrons. The number of H-pyrrole nitrogens is 1. The summed E-state index contributed by atoms with van der Waals surface area (Å²) in [7, 11) is 6.22. The van der Waals surface area contributed by atoms with Gasteiger partial charge >= 0.3 is 0 Å². The predicted octanol–water partition coefficient (Wildman–Crippen LogP) is 3.19. The van der Waals surface area contributed by atoms with E-state index in [-0.39, 0.29) is 5.56 Å². The summed E-state index contributed by atoms with van der Waals surface area (Å²) in [6.07, 6.45) is 7.80. The van der Waals surface area contributed by atoms with Crippen LogP contribution in [-0.4, -0.2) is 65.1 Å². The molecule has 1 aromatic carbocycles. The maximum Gasteiger partial charge on any atom is 0.274 e. The second kappa shape index (κ2) is 9.29. The topological polar surface area (TPSA) is 65.9 Å². The second-order valence-electron chi connectivity index (χ2n) is 8.84. The van der Waals surface area contributed by atoms with Crippen molar-refractivity contribution in [2.24, 2.45) is 0 Å². The van der Waals surface area contributed by atoms with Crippen LogP contribution in [0.1, 0.15) is 49.4 Å². The van der Waals surface area contributed by atoms with Gasteiger partial charge in [0.25, 0.3) is 5.56 Å². The zero-order valence-electron chi connectivity index (χ0n) is 18.4. The van der Waals surface area contributed by atoms with Gasteiger partial charge < -0.3 is 14.6 Å². The summed E-state index contributed by atoms with van der Waals surface area (Å²) >= 11 is 0. The van der Waals surface area contributed by atoms with Crippen molar-refractivity contribution in [1.82, 2.24) is 24.2 Å². The van der Waals surface area contributed by atoms with Gasteiger partial charge in [0, 0.05) is 19.0 Å². The van der Waals surface area contributed by atoms with Crippen molar-refractivity contribution in [2.45, 2.75) is 44.6 Å². The van der Waals surface area contributed by atoms with Gasteiger partial charge in [-0.25, -0.2) is 4.98 Å². The highest BCUT2D eigenvalue weighted by atomic mass is 16.5. The third kappa shape index (κ3) is 4.58. The van der Waals surface area contributed by atoms with Gasteiger partial charge in [0.2, 0.25) is 0 Å². The molecule has 0 spiro atoms. The number of nitrogens with one attached hydrogen (secondary N) is 1. The molecule has 30 heavy (non-hydrogen) atoms. The van der Waals surface area contributed by atoms with Gasteiger partial charge in [0.15, 0.2) is 0 Å². The molecule has 2 aromatic heterocycles. The minimum atomic E-state index is -0.0800. The molecule has 1 aliphatic carbocycles. The molecular weight excluding hydrogens is 378 g/mol. The Bertz CT molecular complexity index is 1050. The van der Waals surface area contributed by atoms with Gasteiger partial charge in [0.1, 0.15) is 11.3 Å². The number of ether oxygens (including phenoxy) is 1. The number of aromatic amines is 1. The predicted molar refractivity (Wildman–Crippen MR) is 120 cm³/mol. The minimum absolute atomic E-state index is 0.0800. The first-order valence-corrected chi connectivity index (χ1v) is 11.0. The van der Waals surface area contributed by atoms with Crippen LogP contribution in [0, 0.1) is 0 Å². The molecule has 4 rings (SSSR count). The third-order valence-corrected chi connectivity index (χ3v) is 6.05. The molecule has 1 N–H and O–H groups in total. The van der Waals surface area contributed by atoms with E-state index in [1.54, 1.807) is 6.20 Å². The van der Waals surface area contributed by atoms with Gasteiger partial charge in [-0.3, -0.25) is 14.1 Å². The Morgan fingerprint density at radius 2 is 1.93 bits per heavy atom. The number of likely N-dealkylation sites (N-methyl/N-ethyl adjacent to an activating group) is 2. The lowest BCUT2D eigenvalue weighted by molar-refractivity contribution is 0.0299. The van der Waals surface area contributed by atoms with Crippen molar-refractivity contribution < 1.29 is 4.74 Å². The number of hydrogen-bond acceptors (Lipinski definition) is 5. The van der Waals surface area contributed by atoms with E-state index in [9.17, 15) is 4.79 Å². The van der Waals surface area contributed by atoms with Crippen molar-refractivity contribution in [2.75, 3.05) is 41.0 Å². The first-order chi connectivity index (χ1) is 14.5. The molecule has 3 aromatic rings. The Balaban J connectivity index is 1.58. The van der Waals surface area contributed by atoms with E-state index in [2.05, 4.69) is 51.4 Å². The van der Waals surface area contributed by atoms with E-state index in [1.165, 1.54) is 19.3 Å². The van der Waals surface area contributed by atoms with E-state index < -0.39 is 0 Å². The lowest BCUT2D eigenvalue weighted by Crippen LogP contribution is -2.30. The summed E-state index contributed by atoms with van der Waals surface area (Å²) in [5.74, 6) is 1.46. The maximum absolute atomic E-state index is 12.6. The van der Waals surface area contributed by atoms with E-state index in [1.807, 2.05) is 12.1 Å². The van der Waals surface area contributed by atoms with Crippen molar-refractivity contribution in [3.63, 3.8) is 0 Å². The highest BCUT2D eigenvalue weighted by molar-refractivity contribution is 5.79. The Labute approximate surface area is 177 Å². The highest BCUT2D eigenvalue weighted by Crippen LogP contribution is 2.33. The fraction of sp³-hybridized carbons (Fsp3) is 0.565. The number of nitrogens with zero attached hydrogens (tertiary/aromatic N) is 4. The summed E-state index contributed by atoms with van der Waals surface area (Å²) < 4.78 is 8.02. The zero-order valence-corrected chi connectivity index (χ0v) is 18.4. The Morgan fingerprint density at radius 3 is 2.70 bits per heavy atom. The smallest absolute Gasteiger partial charge is 0.274 e. The molecule has 1 fully saturated rings. The average molecular weight is 412 g/mol. The molecule has 0 aliphatic heterocycles. The van der Waals surface area contributed by atoms with Gasteiger partial charge in [-0.1, -0.05) is 25.3 Å². The summed E-state index contributed by atoms with van der Waals surface area (Å²) in [6, 6.07) is 6.14. The van der Waals surface area contributed by atoms with Gasteiger partial charge in [0.05, 0.1) is 30.6 Å². The third-order valence-electron chi connectivity index (χ3n) is 6.05. The van der Waals surface area contributed by atoms with Crippen LogP contribution in [0.5, 0.6) is 0 Å². The van der Waals surface area contributed by atoms with Crippen LogP contribution in [0.2, 0.25) is 0 Å². The first kappa shape index (κ1) is 21.0. The molecule has 7 nitrogen and oxygen atoms in total. The number of rotatable bonds is 8. The Morgan fingerprint density at radius 1 is 1.13 bits per heavy atom. The maximum atomic E-state index is 12.6. The van der Waals surface area contributed by atoms with E-state index in [0.29, 0.717) is 24.8 Å². The normalized spacial score (nSPS) is 15.8. The number of aromatic nitrogens is 3. The Kier molecular flexibility index (Phi) is 6.51. The molecule has 2 heterocycles. The second-order valence-corrected chi connectivity index (χ2v) is 8.84. The summed E-state index contributed by atoms with van der Waals surface area (Å²) in [5, 5.41) is 0. The highest BCUT2D eigenvalue weighted by Gasteiger charge is 2.22. The molecule has 1 aliphatic rings. The summed E-state index contributed by atoms with van der Waals surface area (Å²) in [6.45, 7) is 3.10. The first-order valence-electron chi connectivity index (χ1n) is 11.0. The monoisotopic (exact) mass is 411 g/mol. The summed E-state index contributed by atoms with van der Waals surface area (Å²) in [4.78, 5) is 24.6. The quantitative estimate of drug-likeness (QED) is 0.577. The molecule has 0 unspecified atom stereocenters. The van der Waals surface area contributed by atoms with Crippen molar-refractivity contribution >= 4 is 16.6 Å². The minimum Gasteiger partial charge on any atom is -0.361 e. The van der Waals surface area contributed by atoms with Crippen LogP contribution >= 0.6 is 0 Å². The standard InChI is InChI=1S/C23H33N5O2/c1-26(2)11-12-27(3)16-30-15-17-9-10-19-20(13-17)28-21(23(29)25-19)14-24-22(28)18-7-5-4-6-8-18/h9-10,13-14,18H,4-8,11-12,15-16H2,1-3H3,(H,25,29). The van der Waals surface area contributed by atoms with Crippen LogP contribution in [0.3, 0.4) is 0 Å². The molecule has 0 bridgehead atoms. The van der Waals surface area contributed by atoms with Gasteiger partial charge in [-0.15, -0.1) is 0 Å². The number of fused-ring (bicyclic) bond motifs is 3. The van der Waals surface area contributed by atoms with E-state index >= 15 is 0 Å².